The third-order valence-electron chi connectivity index (χ3n) is 3.29. The van der Waals surface area contributed by atoms with Crippen molar-refractivity contribution in [2.75, 3.05) is 13.2 Å². The van der Waals surface area contributed by atoms with Crippen LogP contribution in [0.2, 0.25) is 5.02 Å². The molecule has 0 heterocycles. The summed E-state index contributed by atoms with van der Waals surface area (Å²) in [6.45, 7) is 7.39. The molecule has 1 amide bonds. The van der Waals surface area contributed by atoms with E-state index in [9.17, 15) is 14.7 Å². The van der Waals surface area contributed by atoms with Gasteiger partial charge in [0.2, 0.25) is 5.91 Å². The van der Waals surface area contributed by atoms with Gasteiger partial charge in [0.05, 0.1) is 19.1 Å². The Morgan fingerprint density at radius 1 is 1.43 bits per heavy atom. The number of nitrogens with one attached hydrogen (secondary N) is 1. The van der Waals surface area contributed by atoms with Gasteiger partial charge < -0.3 is 15.2 Å². The summed E-state index contributed by atoms with van der Waals surface area (Å²) in [5, 5.41) is 12.3. The lowest BCUT2D eigenvalue weighted by molar-refractivity contribution is -0.143. The number of amides is 1. The minimum absolute atomic E-state index is 0.0167. The second-order valence-electron chi connectivity index (χ2n) is 5.50. The lowest BCUT2D eigenvalue weighted by atomic mass is 9.87. The average Bonchev–Trinajstić information content (AvgIpc) is 2.46. The number of carbonyl (C=O) groups is 2. The first-order chi connectivity index (χ1) is 10.9. The lowest BCUT2D eigenvalue weighted by Gasteiger charge is -2.23. The van der Waals surface area contributed by atoms with Crippen molar-refractivity contribution in [3.05, 3.63) is 47.5 Å². The molecule has 23 heavy (non-hydrogen) atoms. The van der Waals surface area contributed by atoms with Crippen LogP contribution in [0.3, 0.4) is 0 Å². The number of carboxylic acid groups (broad SMARTS) is 1. The van der Waals surface area contributed by atoms with Crippen LogP contribution in [0, 0.1) is 5.92 Å². The predicted octanol–water partition coefficient (Wildman–Crippen LogP) is 2.85. The number of halogens is 1. The molecule has 1 aromatic rings. The molecule has 2 unspecified atom stereocenters. The molecule has 0 saturated heterocycles. The predicted molar refractivity (Wildman–Crippen MR) is 89.6 cm³/mol. The summed E-state index contributed by atoms with van der Waals surface area (Å²) in [5.74, 6) is -2.01. The van der Waals surface area contributed by atoms with Crippen LogP contribution in [-0.2, 0) is 14.3 Å². The molecule has 0 bridgehead atoms. The molecule has 1 aromatic carbocycles. The quantitative estimate of drug-likeness (QED) is 0.536. The van der Waals surface area contributed by atoms with Crippen LogP contribution in [0.5, 0.6) is 0 Å². The molecule has 5 nitrogen and oxygen atoms in total. The van der Waals surface area contributed by atoms with Crippen molar-refractivity contribution >= 4 is 23.5 Å². The molecule has 0 aromatic heterocycles. The van der Waals surface area contributed by atoms with Crippen LogP contribution in [0.1, 0.15) is 25.3 Å². The van der Waals surface area contributed by atoms with Crippen molar-refractivity contribution in [2.45, 2.75) is 25.8 Å². The highest BCUT2D eigenvalue weighted by molar-refractivity contribution is 6.30. The molecule has 2 atom stereocenters. The van der Waals surface area contributed by atoms with E-state index in [-0.39, 0.29) is 25.0 Å². The highest BCUT2D eigenvalue weighted by Crippen LogP contribution is 2.26. The second kappa shape index (κ2) is 9.33. The summed E-state index contributed by atoms with van der Waals surface area (Å²) in [4.78, 5) is 23.8. The van der Waals surface area contributed by atoms with Gasteiger partial charge in [0.25, 0.3) is 0 Å². The van der Waals surface area contributed by atoms with Gasteiger partial charge in [-0.15, -0.1) is 6.58 Å². The number of rotatable bonds is 9. The smallest absolute Gasteiger partial charge is 0.328 e. The van der Waals surface area contributed by atoms with E-state index in [0.29, 0.717) is 5.02 Å². The molecular formula is C17H22ClNO4. The Labute approximate surface area is 141 Å². The van der Waals surface area contributed by atoms with E-state index in [4.69, 9.17) is 16.3 Å². The van der Waals surface area contributed by atoms with E-state index in [1.165, 1.54) is 6.08 Å². The maximum atomic E-state index is 12.6. The Bertz CT molecular complexity index is 559. The Balaban J connectivity index is 2.88. The number of carboxylic acids is 1. The Morgan fingerprint density at radius 3 is 2.65 bits per heavy atom. The van der Waals surface area contributed by atoms with Crippen molar-refractivity contribution in [1.82, 2.24) is 5.32 Å². The zero-order valence-corrected chi connectivity index (χ0v) is 14.0. The van der Waals surface area contributed by atoms with E-state index in [0.717, 1.165) is 5.56 Å². The molecule has 0 radical (unpaired) electrons. The van der Waals surface area contributed by atoms with E-state index >= 15 is 0 Å². The fourth-order valence-electron chi connectivity index (χ4n) is 2.24. The average molecular weight is 340 g/mol. The molecule has 1 rings (SSSR count). The number of carbonyl (C=O) groups excluding carboxylic acids is 1. The summed E-state index contributed by atoms with van der Waals surface area (Å²) >= 11 is 5.98. The van der Waals surface area contributed by atoms with Crippen LogP contribution in [0.4, 0.5) is 0 Å². The highest BCUT2D eigenvalue weighted by atomic mass is 35.5. The van der Waals surface area contributed by atoms with Crippen molar-refractivity contribution < 1.29 is 19.4 Å². The third-order valence-corrected chi connectivity index (χ3v) is 3.53. The van der Waals surface area contributed by atoms with E-state index in [2.05, 4.69) is 11.9 Å². The normalized spacial score (nSPS) is 13.4. The van der Waals surface area contributed by atoms with Crippen LogP contribution in [0.15, 0.2) is 36.9 Å². The van der Waals surface area contributed by atoms with Crippen LogP contribution < -0.4 is 5.32 Å². The van der Waals surface area contributed by atoms with Crippen LogP contribution >= 0.6 is 11.6 Å². The number of hydrogen-bond donors (Lipinski definition) is 2. The largest absolute Gasteiger partial charge is 0.480 e. The molecule has 0 saturated carbocycles. The maximum absolute atomic E-state index is 12.6. The molecular weight excluding hydrogens is 318 g/mol. The molecule has 0 fully saturated rings. The van der Waals surface area contributed by atoms with Gasteiger partial charge in [-0.05, 0) is 23.6 Å². The van der Waals surface area contributed by atoms with Crippen molar-refractivity contribution in [2.24, 2.45) is 5.92 Å². The molecule has 0 aliphatic rings. The summed E-state index contributed by atoms with van der Waals surface area (Å²) in [5.41, 5.74) is 0.751. The van der Waals surface area contributed by atoms with Gasteiger partial charge in [0.15, 0.2) is 6.04 Å². The first-order valence-electron chi connectivity index (χ1n) is 7.34. The van der Waals surface area contributed by atoms with Gasteiger partial charge in [0.1, 0.15) is 0 Å². The molecule has 126 valence electrons. The Hall–Kier alpha value is -1.85. The van der Waals surface area contributed by atoms with Gasteiger partial charge in [-0.1, -0.05) is 43.7 Å². The summed E-state index contributed by atoms with van der Waals surface area (Å²) in [7, 11) is 0. The van der Waals surface area contributed by atoms with E-state index in [1.807, 2.05) is 13.8 Å². The SMILES string of the molecule is C=CCOCC(NC(=O)C(c1cccc(Cl)c1)C(C)C)C(=O)O. The molecule has 0 aliphatic heterocycles. The number of aliphatic carboxylic acids is 1. The highest BCUT2D eigenvalue weighted by Gasteiger charge is 2.28. The van der Waals surface area contributed by atoms with Gasteiger partial charge in [-0.3, -0.25) is 4.79 Å². The monoisotopic (exact) mass is 339 g/mol. The first-order valence-corrected chi connectivity index (χ1v) is 7.71. The summed E-state index contributed by atoms with van der Waals surface area (Å²) < 4.78 is 5.14. The van der Waals surface area contributed by atoms with Crippen LogP contribution in [-0.4, -0.2) is 36.2 Å². The van der Waals surface area contributed by atoms with Gasteiger partial charge in [-0.2, -0.15) is 0 Å². The van der Waals surface area contributed by atoms with Gasteiger partial charge >= 0.3 is 5.97 Å². The van der Waals surface area contributed by atoms with Crippen molar-refractivity contribution in [1.29, 1.82) is 0 Å². The minimum Gasteiger partial charge on any atom is -0.480 e. The molecule has 0 aliphatic carbocycles. The van der Waals surface area contributed by atoms with Crippen molar-refractivity contribution in [3.63, 3.8) is 0 Å². The van der Waals surface area contributed by atoms with E-state index in [1.54, 1.807) is 24.3 Å². The first kappa shape index (κ1) is 19.2. The number of benzene rings is 1. The maximum Gasteiger partial charge on any atom is 0.328 e. The van der Waals surface area contributed by atoms with Gasteiger partial charge in [-0.25, -0.2) is 4.79 Å². The number of ether oxygens (including phenoxy) is 1. The number of hydrogen-bond acceptors (Lipinski definition) is 3. The fourth-order valence-corrected chi connectivity index (χ4v) is 2.44. The molecule has 6 heteroatoms. The third kappa shape index (κ3) is 6.04. The van der Waals surface area contributed by atoms with E-state index < -0.39 is 17.9 Å². The van der Waals surface area contributed by atoms with Crippen LogP contribution in [0.25, 0.3) is 0 Å². The van der Waals surface area contributed by atoms with Gasteiger partial charge in [0, 0.05) is 5.02 Å². The summed E-state index contributed by atoms with van der Waals surface area (Å²) in [6, 6.07) is 5.91. The fraction of sp³-hybridized carbons (Fsp3) is 0.412. The lowest BCUT2D eigenvalue weighted by Crippen LogP contribution is -2.46. The second-order valence-corrected chi connectivity index (χ2v) is 5.94. The zero-order valence-electron chi connectivity index (χ0n) is 13.3. The van der Waals surface area contributed by atoms with Crippen molar-refractivity contribution in [3.8, 4) is 0 Å². The molecule has 0 spiro atoms. The summed E-state index contributed by atoms with van der Waals surface area (Å²) in [6.07, 6.45) is 1.52. The zero-order chi connectivity index (χ0) is 17.4. The topological polar surface area (TPSA) is 75.6 Å². The Kier molecular flexibility index (Phi) is 7.78. The molecule has 2 N–H and O–H groups in total. The minimum atomic E-state index is -1.14. The standard InChI is InChI=1S/C17H22ClNO4/c1-4-8-23-10-14(17(21)22)19-16(20)15(11(2)3)12-6-5-7-13(18)9-12/h4-7,9,11,14-15H,1,8,10H2,2-3H3,(H,19,20)(H,21,22). The Morgan fingerprint density at radius 2 is 2.13 bits per heavy atom.